The molecule has 0 aromatic rings. The molecule has 0 aromatic heterocycles. The first-order valence-electron chi connectivity index (χ1n) is 8.50. The third kappa shape index (κ3) is 6.32. The molecule has 1 spiro atoms. The fraction of sp³-hybridized carbons (Fsp3) is 0.938. The minimum Gasteiger partial charge on any atom is -0.295 e. The van der Waals surface area contributed by atoms with E-state index < -0.39 is 5.79 Å². The predicted molar refractivity (Wildman–Crippen MR) is 77.0 cm³/mol. The predicted octanol–water partition coefficient (Wildman–Crippen LogP) is 4.20. The zero-order chi connectivity index (χ0) is 14.8. The molecular weight excluding hydrogens is 272 g/mol. The average Bonchev–Trinajstić information content (AvgIpc) is 2.56. The van der Waals surface area contributed by atoms with E-state index in [-0.39, 0.29) is 5.97 Å². The Bertz CT molecular complexity index is 293. The lowest BCUT2D eigenvalue weighted by Gasteiger charge is -2.29. The Morgan fingerprint density at radius 2 is 1.29 bits per heavy atom. The lowest BCUT2D eigenvalue weighted by atomic mass is 9.97. The maximum absolute atomic E-state index is 11.5. The van der Waals surface area contributed by atoms with E-state index in [1.165, 1.54) is 32.1 Å². The Morgan fingerprint density at radius 3 is 1.90 bits per heavy atom. The van der Waals surface area contributed by atoms with Crippen molar-refractivity contribution in [2.75, 3.05) is 6.61 Å². The summed E-state index contributed by atoms with van der Waals surface area (Å²) in [6, 6.07) is 0. The normalized spacial score (nSPS) is 26.6. The summed E-state index contributed by atoms with van der Waals surface area (Å²) in [5, 5.41) is 0. The molecule has 2 fully saturated rings. The lowest BCUT2D eigenvalue weighted by molar-refractivity contribution is -0.498. The van der Waals surface area contributed by atoms with Crippen LogP contribution < -0.4 is 0 Å². The second-order valence-electron chi connectivity index (χ2n) is 6.14. The summed E-state index contributed by atoms with van der Waals surface area (Å²) in [4.78, 5) is 32.7. The molecule has 0 bridgehead atoms. The second-order valence-corrected chi connectivity index (χ2v) is 6.14. The van der Waals surface area contributed by atoms with Gasteiger partial charge in [0.15, 0.2) is 0 Å². The molecule has 1 saturated carbocycles. The third-order valence-corrected chi connectivity index (χ3v) is 4.22. The molecule has 1 aliphatic carbocycles. The van der Waals surface area contributed by atoms with Gasteiger partial charge >= 0.3 is 5.97 Å². The summed E-state index contributed by atoms with van der Waals surface area (Å²) >= 11 is 0. The first-order chi connectivity index (χ1) is 10.3. The van der Waals surface area contributed by atoms with Gasteiger partial charge in [0.25, 0.3) is 0 Å². The van der Waals surface area contributed by atoms with Crippen molar-refractivity contribution in [3.63, 3.8) is 0 Å². The van der Waals surface area contributed by atoms with Gasteiger partial charge in [0.05, 0.1) is 13.0 Å². The molecule has 5 nitrogen and oxygen atoms in total. The monoisotopic (exact) mass is 300 g/mol. The lowest BCUT2D eigenvalue weighted by Crippen LogP contribution is -2.37. The molecule has 2 rings (SSSR count). The maximum atomic E-state index is 11.5. The van der Waals surface area contributed by atoms with Crippen LogP contribution in [-0.2, 0) is 24.3 Å². The van der Waals surface area contributed by atoms with Gasteiger partial charge in [0.2, 0.25) is 5.79 Å². The van der Waals surface area contributed by atoms with Crippen LogP contribution in [0.15, 0.2) is 0 Å². The molecular formula is C16H28O5. The standard InChI is InChI=1S/C16H28O5/c17-15-11-10-14-18-20-16(21-19-15)12-8-6-4-2-1-3-5-7-9-13-16/h1-14H2. The highest BCUT2D eigenvalue weighted by atomic mass is 17.3. The molecule has 0 radical (unpaired) electrons. The second kappa shape index (κ2) is 9.38. The molecule has 1 saturated heterocycles. The van der Waals surface area contributed by atoms with Crippen molar-refractivity contribution in [2.24, 2.45) is 0 Å². The molecule has 0 atom stereocenters. The summed E-state index contributed by atoms with van der Waals surface area (Å²) in [6.07, 6.45) is 13.1. The molecule has 0 unspecified atom stereocenters. The smallest absolute Gasteiger partial charge is 0.295 e. The zero-order valence-electron chi connectivity index (χ0n) is 12.9. The third-order valence-electron chi connectivity index (χ3n) is 4.22. The maximum Gasteiger partial charge on any atom is 0.342 e. The highest BCUT2D eigenvalue weighted by Crippen LogP contribution is 2.31. The van der Waals surface area contributed by atoms with Crippen molar-refractivity contribution in [1.29, 1.82) is 0 Å². The van der Waals surface area contributed by atoms with Gasteiger partial charge in [-0.1, -0.05) is 44.9 Å². The topological polar surface area (TPSA) is 54.0 Å². The van der Waals surface area contributed by atoms with E-state index in [4.69, 9.17) is 19.6 Å². The number of carbonyl (C=O) groups is 1. The van der Waals surface area contributed by atoms with E-state index in [0.29, 0.717) is 32.3 Å². The van der Waals surface area contributed by atoms with Crippen LogP contribution >= 0.6 is 0 Å². The van der Waals surface area contributed by atoms with Gasteiger partial charge in [0, 0.05) is 12.8 Å². The van der Waals surface area contributed by atoms with Gasteiger partial charge in [0.1, 0.15) is 0 Å². The van der Waals surface area contributed by atoms with Crippen molar-refractivity contribution in [2.45, 2.75) is 89.3 Å². The van der Waals surface area contributed by atoms with Gasteiger partial charge < -0.3 is 0 Å². The van der Waals surface area contributed by atoms with Crippen LogP contribution in [0.25, 0.3) is 0 Å². The van der Waals surface area contributed by atoms with Gasteiger partial charge in [-0.2, -0.15) is 4.89 Å². The van der Waals surface area contributed by atoms with E-state index in [9.17, 15) is 4.79 Å². The molecule has 0 aromatic carbocycles. The largest absolute Gasteiger partial charge is 0.342 e. The van der Waals surface area contributed by atoms with Gasteiger partial charge in [-0.3, -0.25) is 4.89 Å². The minimum atomic E-state index is -0.917. The number of carbonyl (C=O) groups excluding carboxylic acids is 1. The Balaban J connectivity index is 1.95. The van der Waals surface area contributed by atoms with E-state index >= 15 is 0 Å². The summed E-state index contributed by atoms with van der Waals surface area (Å²) in [6.45, 7) is 0.403. The quantitative estimate of drug-likeness (QED) is 0.627. The molecule has 2 aliphatic rings. The van der Waals surface area contributed by atoms with Crippen LogP contribution in [0.4, 0.5) is 0 Å². The molecule has 1 heterocycles. The first kappa shape index (κ1) is 16.7. The van der Waals surface area contributed by atoms with Gasteiger partial charge in [-0.05, 0) is 19.3 Å². The van der Waals surface area contributed by atoms with Gasteiger partial charge in [-0.15, -0.1) is 4.89 Å². The van der Waals surface area contributed by atoms with Crippen LogP contribution in [0, 0.1) is 0 Å². The Kier molecular flexibility index (Phi) is 7.47. The summed E-state index contributed by atoms with van der Waals surface area (Å²) in [7, 11) is 0. The number of hydrogen-bond acceptors (Lipinski definition) is 5. The minimum absolute atomic E-state index is 0.305. The summed E-state index contributed by atoms with van der Waals surface area (Å²) in [5.74, 6) is -1.26. The van der Waals surface area contributed by atoms with E-state index in [1.54, 1.807) is 0 Å². The fourth-order valence-electron chi connectivity index (χ4n) is 2.92. The highest BCUT2D eigenvalue weighted by molar-refractivity contribution is 5.68. The summed E-state index contributed by atoms with van der Waals surface area (Å²) in [5.41, 5.74) is 0. The van der Waals surface area contributed by atoms with Crippen molar-refractivity contribution in [1.82, 2.24) is 0 Å². The molecule has 1 aliphatic heterocycles. The van der Waals surface area contributed by atoms with E-state index in [0.717, 1.165) is 25.7 Å². The Labute approximate surface area is 127 Å². The van der Waals surface area contributed by atoms with Crippen LogP contribution in [0.1, 0.15) is 83.5 Å². The molecule has 21 heavy (non-hydrogen) atoms. The Morgan fingerprint density at radius 1 is 0.714 bits per heavy atom. The van der Waals surface area contributed by atoms with E-state index in [2.05, 4.69) is 0 Å². The zero-order valence-corrected chi connectivity index (χ0v) is 12.9. The highest BCUT2D eigenvalue weighted by Gasteiger charge is 2.37. The Hall–Kier alpha value is -0.650. The summed E-state index contributed by atoms with van der Waals surface area (Å²) < 4.78 is 0. The van der Waals surface area contributed by atoms with Crippen molar-refractivity contribution in [3.8, 4) is 0 Å². The first-order valence-corrected chi connectivity index (χ1v) is 8.50. The van der Waals surface area contributed by atoms with Crippen LogP contribution in [0.2, 0.25) is 0 Å². The van der Waals surface area contributed by atoms with Crippen molar-refractivity contribution >= 4 is 5.97 Å². The van der Waals surface area contributed by atoms with Gasteiger partial charge in [-0.25, -0.2) is 9.68 Å². The molecule has 122 valence electrons. The van der Waals surface area contributed by atoms with Crippen molar-refractivity contribution < 1.29 is 24.3 Å². The molecule has 5 heteroatoms. The average molecular weight is 300 g/mol. The molecule has 0 amide bonds. The fourth-order valence-corrected chi connectivity index (χ4v) is 2.92. The SMILES string of the molecule is O=C1CCCOOC2(CCCCCCCCCCC2)OO1. The van der Waals surface area contributed by atoms with Crippen LogP contribution in [-0.4, -0.2) is 18.4 Å². The van der Waals surface area contributed by atoms with Crippen LogP contribution in [0.3, 0.4) is 0 Å². The number of hydrogen-bond donors (Lipinski definition) is 0. The van der Waals surface area contributed by atoms with E-state index in [1.807, 2.05) is 0 Å². The number of rotatable bonds is 0. The van der Waals surface area contributed by atoms with Crippen LogP contribution in [0.5, 0.6) is 0 Å². The van der Waals surface area contributed by atoms with Crippen molar-refractivity contribution in [3.05, 3.63) is 0 Å². The molecule has 0 N–H and O–H groups in total.